The van der Waals surface area contributed by atoms with Gasteiger partial charge in [-0.2, -0.15) is 0 Å². The van der Waals surface area contributed by atoms with Gasteiger partial charge in [-0.3, -0.25) is 4.79 Å². The van der Waals surface area contributed by atoms with Crippen molar-refractivity contribution in [2.75, 3.05) is 26.2 Å². The first kappa shape index (κ1) is 16.1. The minimum absolute atomic E-state index is 0. The molecule has 0 atom stereocenters. The van der Waals surface area contributed by atoms with Gasteiger partial charge in [0.15, 0.2) is 0 Å². The molecule has 3 fully saturated rings. The Bertz CT molecular complexity index is 319. The van der Waals surface area contributed by atoms with Crippen molar-refractivity contribution < 1.29 is 4.79 Å². The number of nitrogens with zero attached hydrogens (tertiary/aromatic N) is 1. The van der Waals surface area contributed by atoms with Crippen molar-refractivity contribution in [3.8, 4) is 0 Å². The van der Waals surface area contributed by atoms with Crippen LogP contribution in [0.2, 0.25) is 0 Å². The highest BCUT2D eigenvalue weighted by molar-refractivity contribution is 5.85. The van der Waals surface area contributed by atoms with E-state index in [-0.39, 0.29) is 12.4 Å². The van der Waals surface area contributed by atoms with Crippen LogP contribution in [0.4, 0.5) is 0 Å². The van der Waals surface area contributed by atoms with Crippen LogP contribution in [0.5, 0.6) is 0 Å². The van der Waals surface area contributed by atoms with Gasteiger partial charge in [0.2, 0.25) is 5.91 Å². The van der Waals surface area contributed by atoms with Crippen molar-refractivity contribution in [2.24, 2.45) is 11.3 Å². The van der Waals surface area contributed by atoms with E-state index in [0.29, 0.717) is 17.9 Å². The molecule has 0 bridgehead atoms. The molecule has 2 aliphatic carbocycles. The summed E-state index contributed by atoms with van der Waals surface area (Å²) in [5.74, 6) is 1.20. The highest BCUT2D eigenvalue weighted by Gasteiger charge is 2.37. The Balaban J connectivity index is 0.00000147. The maximum atomic E-state index is 12.3. The average Bonchev–Trinajstić information content (AvgIpc) is 3.24. The van der Waals surface area contributed by atoms with Crippen LogP contribution in [0.1, 0.15) is 57.8 Å². The number of nitrogens with one attached hydrogen (secondary N) is 1. The van der Waals surface area contributed by atoms with Crippen LogP contribution in [0.15, 0.2) is 0 Å². The van der Waals surface area contributed by atoms with Crippen molar-refractivity contribution in [3.63, 3.8) is 0 Å². The van der Waals surface area contributed by atoms with Crippen LogP contribution in [0, 0.1) is 11.3 Å². The summed E-state index contributed by atoms with van der Waals surface area (Å²) in [5.41, 5.74) is 0.489. The predicted octanol–water partition coefficient (Wildman–Crippen LogP) is 2.98. The Morgan fingerprint density at radius 1 is 1.10 bits per heavy atom. The molecule has 3 nitrogen and oxygen atoms in total. The topological polar surface area (TPSA) is 32.3 Å². The lowest BCUT2D eigenvalue weighted by atomic mass is 9.69. The molecular weight excluding hydrogens is 272 g/mol. The number of hydrogen-bond acceptors (Lipinski definition) is 2. The summed E-state index contributed by atoms with van der Waals surface area (Å²) in [5, 5.41) is 3.34. The predicted molar refractivity (Wildman–Crippen MR) is 84.2 cm³/mol. The molecule has 0 aromatic heterocycles. The monoisotopic (exact) mass is 300 g/mol. The molecule has 1 aliphatic heterocycles. The minimum Gasteiger partial charge on any atom is -0.341 e. The smallest absolute Gasteiger partial charge is 0.236 e. The van der Waals surface area contributed by atoms with Crippen molar-refractivity contribution >= 4 is 18.3 Å². The van der Waals surface area contributed by atoms with Gasteiger partial charge in [0.05, 0.1) is 6.54 Å². The van der Waals surface area contributed by atoms with E-state index >= 15 is 0 Å². The zero-order valence-electron chi connectivity index (χ0n) is 12.5. The third-order valence-corrected chi connectivity index (χ3v) is 5.33. The number of hydrogen-bond donors (Lipinski definition) is 1. The Morgan fingerprint density at radius 2 is 1.80 bits per heavy atom. The lowest BCUT2D eigenvalue weighted by Crippen LogP contribution is -2.49. The van der Waals surface area contributed by atoms with Gasteiger partial charge in [-0.25, -0.2) is 0 Å². The maximum absolute atomic E-state index is 12.3. The van der Waals surface area contributed by atoms with Crippen LogP contribution in [0.25, 0.3) is 0 Å². The highest BCUT2D eigenvalue weighted by Crippen LogP contribution is 2.43. The quantitative estimate of drug-likeness (QED) is 0.866. The van der Waals surface area contributed by atoms with Crippen LogP contribution >= 0.6 is 12.4 Å². The summed E-state index contributed by atoms with van der Waals surface area (Å²) >= 11 is 0. The van der Waals surface area contributed by atoms with Gasteiger partial charge in [-0.05, 0) is 56.4 Å². The van der Waals surface area contributed by atoms with E-state index in [4.69, 9.17) is 0 Å². The van der Waals surface area contributed by atoms with E-state index in [1.807, 2.05) is 0 Å². The van der Waals surface area contributed by atoms with Crippen LogP contribution in [-0.2, 0) is 4.79 Å². The van der Waals surface area contributed by atoms with E-state index in [1.54, 1.807) is 0 Å². The molecule has 0 unspecified atom stereocenters. The standard InChI is InChI=1S/C16H28N2O.ClH/c19-15(12-17-11-14-5-6-14)18-10-4-9-16(13-18)7-2-1-3-8-16;/h14,17H,1-13H2;1H. The second-order valence-electron chi connectivity index (χ2n) is 7.05. The molecule has 2 saturated carbocycles. The summed E-state index contributed by atoms with van der Waals surface area (Å²) in [4.78, 5) is 14.4. The van der Waals surface area contributed by atoms with E-state index in [1.165, 1.54) is 57.8 Å². The molecule has 0 radical (unpaired) electrons. The van der Waals surface area contributed by atoms with E-state index < -0.39 is 0 Å². The van der Waals surface area contributed by atoms with E-state index in [9.17, 15) is 4.79 Å². The zero-order valence-corrected chi connectivity index (χ0v) is 13.3. The third-order valence-electron chi connectivity index (χ3n) is 5.33. The molecule has 20 heavy (non-hydrogen) atoms. The summed E-state index contributed by atoms with van der Waals surface area (Å²) in [6, 6.07) is 0. The van der Waals surface area contributed by atoms with E-state index in [2.05, 4.69) is 10.2 Å². The second-order valence-corrected chi connectivity index (χ2v) is 7.05. The Kier molecular flexibility index (Phi) is 5.74. The maximum Gasteiger partial charge on any atom is 0.236 e. The lowest BCUT2D eigenvalue weighted by molar-refractivity contribution is -0.134. The van der Waals surface area contributed by atoms with Crippen molar-refractivity contribution in [2.45, 2.75) is 57.8 Å². The summed E-state index contributed by atoms with van der Waals surface area (Å²) < 4.78 is 0. The number of piperidine rings is 1. The Morgan fingerprint density at radius 3 is 2.50 bits per heavy atom. The molecule has 3 rings (SSSR count). The van der Waals surface area contributed by atoms with Gasteiger partial charge in [0.1, 0.15) is 0 Å². The number of halogens is 1. The molecule has 4 heteroatoms. The molecule has 1 saturated heterocycles. The molecule has 1 spiro atoms. The van der Waals surface area contributed by atoms with E-state index in [0.717, 1.165) is 25.6 Å². The highest BCUT2D eigenvalue weighted by atomic mass is 35.5. The summed E-state index contributed by atoms with van der Waals surface area (Å²) in [7, 11) is 0. The lowest BCUT2D eigenvalue weighted by Gasteiger charge is -2.45. The number of rotatable bonds is 4. The first-order valence-corrected chi connectivity index (χ1v) is 8.26. The van der Waals surface area contributed by atoms with Gasteiger partial charge < -0.3 is 10.2 Å². The normalized spacial score (nSPS) is 25.3. The molecular formula is C16H29ClN2O. The molecule has 0 aromatic carbocycles. The van der Waals surface area contributed by atoms with Gasteiger partial charge in [-0.15, -0.1) is 12.4 Å². The Hall–Kier alpha value is -0.280. The molecule has 3 aliphatic rings. The fraction of sp³-hybridized carbons (Fsp3) is 0.938. The molecule has 116 valence electrons. The average molecular weight is 301 g/mol. The minimum atomic E-state index is 0. The molecule has 1 amide bonds. The fourth-order valence-corrected chi connectivity index (χ4v) is 3.95. The second kappa shape index (κ2) is 7.13. The summed E-state index contributed by atoms with van der Waals surface area (Å²) in [6.07, 6.45) is 12.1. The van der Waals surface area contributed by atoms with Gasteiger partial charge in [-0.1, -0.05) is 19.3 Å². The van der Waals surface area contributed by atoms with Crippen LogP contribution < -0.4 is 5.32 Å². The number of carbonyl (C=O) groups is 1. The molecule has 1 N–H and O–H groups in total. The summed E-state index contributed by atoms with van der Waals surface area (Å²) in [6.45, 7) is 3.64. The van der Waals surface area contributed by atoms with Gasteiger partial charge in [0.25, 0.3) is 0 Å². The molecule has 0 aromatic rings. The van der Waals surface area contributed by atoms with Crippen molar-refractivity contribution in [3.05, 3.63) is 0 Å². The Labute approximate surface area is 129 Å². The first-order valence-electron chi connectivity index (χ1n) is 8.26. The third kappa shape index (κ3) is 4.11. The van der Waals surface area contributed by atoms with Crippen LogP contribution in [-0.4, -0.2) is 37.0 Å². The van der Waals surface area contributed by atoms with Gasteiger partial charge in [0, 0.05) is 13.1 Å². The first-order chi connectivity index (χ1) is 9.27. The fourth-order valence-electron chi connectivity index (χ4n) is 3.95. The van der Waals surface area contributed by atoms with Crippen LogP contribution in [0.3, 0.4) is 0 Å². The molecule has 1 heterocycles. The number of amides is 1. The van der Waals surface area contributed by atoms with Crippen molar-refractivity contribution in [1.82, 2.24) is 10.2 Å². The largest absolute Gasteiger partial charge is 0.341 e. The van der Waals surface area contributed by atoms with Crippen molar-refractivity contribution in [1.29, 1.82) is 0 Å². The SMILES string of the molecule is Cl.O=C(CNCC1CC1)N1CCCC2(CCCCC2)C1. The zero-order chi connectivity index (χ0) is 13.1. The number of carbonyl (C=O) groups excluding carboxylic acids is 1. The number of likely N-dealkylation sites (tertiary alicyclic amines) is 1. The van der Waals surface area contributed by atoms with Gasteiger partial charge >= 0.3 is 0 Å².